The molecule has 1 aliphatic carbocycles. The number of aliphatic hydroxyl groups is 1. The molecule has 0 unspecified atom stereocenters. The molecule has 2 amide bonds. The molecule has 3 N–H and O–H groups in total. The Morgan fingerprint density at radius 2 is 1.80 bits per heavy atom. The van der Waals surface area contributed by atoms with Crippen molar-refractivity contribution in [1.82, 2.24) is 29.7 Å². The number of amides is 2. The Labute approximate surface area is 296 Å². The molecule has 0 radical (unpaired) electrons. The predicted molar refractivity (Wildman–Crippen MR) is 192 cm³/mol. The van der Waals surface area contributed by atoms with Crippen LogP contribution in [0.2, 0.25) is 0 Å². The van der Waals surface area contributed by atoms with Crippen LogP contribution in [0.3, 0.4) is 0 Å². The average Bonchev–Trinajstić information content (AvgIpc) is 3.73. The normalized spacial score (nSPS) is 19.1. The van der Waals surface area contributed by atoms with Gasteiger partial charge in [0.15, 0.2) is 5.65 Å². The molecule has 1 aliphatic heterocycles. The number of anilines is 2. The number of aromatic nitrogens is 5. The monoisotopic (exact) mass is 696 g/mol. The molecule has 268 valence electrons. The molecule has 51 heavy (non-hydrogen) atoms. The van der Waals surface area contributed by atoms with Crippen molar-refractivity contribution >= 4 is 23.4 Å². The first-order chi connectivity index (χ1) is 24.6. The van der Waals surface area contributed by atoms with Crippen LogP contribution < -0.4 is 25.0 Å². The van der Waals surface area contributed by atoms with Gasteiger partial charge in [0.2, 0.25) is 5.95 Å². The van der Waals surface area contributed by atoms with Crippen molar-refractivity contribution in [3.05, 3.63) is 89.5 Å². The smallest absolute Gasteiger partial charge is 0.320 e. The van der Waals surface area contributed by atoms with Crippen molar-refractivity contribution in [2.45, 2.75) is 83.4 Å². The molecule has 4 heterocycles. The standard InChI is InChI=1S/C38H45FN8O4/c1-24-9-7-8-18-45(24)37-43-42-34-17-13-26(23-46(34)37)51-32-16-15-30(27-10-5-6-11-28(27)32)40-36(49)41-35-22-33(38(2,3)4)44-47(35)31-21-25(50-20-19-48)12-14-29(31)39/h5-6,10-14,17,21-24,30,32,48H,7-9,15-16,18-20H2,1-4H3,(H2,40,41,49)/t24-,30-,32+/m0/s1. The number of rotatable bonds is 9. The van der Waals surface area contributed by atoms with Gasteiger partial charge in [-0.2, -0.15) is 5.10 Å². The number of benzene rings is 2. The lowest BCUT2D eigenvalue weighted by atomic mass is 9.85. The minimum Gasteiger partial charge on any atom is -0.491 e. The van der Waals surface area contributed by atoms with Crippen LogP contribution in [0.15, 0.2) is 66.9 Å². The highest BCUT2D eigenvalue weighted by molar-refractivity contribution is 5.89. The van der Waals surface area contributed by atoms with E-state index in [2.05, 4.69) is 37.8 Å². The number of piperidine rings is 1. The van der Waals surface area contributed by atoms with E-state index in [0.29, 0.717) is 36.1 Å². The summed E-state index contributed by atoms with van der Waals surface area (Å²) in [5.41, 5.74) is 3.16. The lowest BCUT2D eigenvalue weighted by molar-refractivity contribution is 0.171. The van der Waals surface area contributed by atoms with E-state index in [9.17, 15) is 9.90 Å². The molecule has 1 saturated heterocycles. The number of halogens is 1. The number of carbonyl (C=O) groups excluding carboxylic acids is 1. The summed E-state index contributed by atoms with van der Waals surface area (Å²) in [6.07, 6.45) is 6.57. The lowest BCUT2D eigenvalue weighted by Crippen LogP contribution is -2.38. The van der Waals surface area contributed by atoms with Crippen molar-refractivity contribution in [3.63, 3.8) is 0 Å². The highest BCUT2D eigenvalue weighted by Gasteiger charge is 2.31. The SMILES string of the molecule is C[C@H]1CCCCN1c1nnc2ccc(O[C@@H]3CC[C@H](NC(=O)Nc4cc(C(C)(C)C)nn4-c4cc(OCCO)ccc4F)c4ccccc43)cn12. The summed E-state index contributed by atoms with van der Waals surface area (Å²) < 4.78 is 30.7. The molecular weight excluding hydrogens is 651 g/mol. The largest absolute Gasteiger partial charge is 0.491 e. The van der Waals surface area contributed by atoms with Crippen LogP contribution in [0.25, 0.3) is 11.3 Å². The summed E-state index contributed by atoms with van der Waals surface area (Å²) in [5.74, 6) is 1.70. The van der Waals surface area contributed by atoms with Crippen LogP contribution in [0, 0.1) is 5.82 Å². The van der Waals surface area contributed by atoms with Crippen LogP contribution in [0.1, 0.15) is 88.8 Å². The first-order valence-electron chi connectivity index (χ1n) is 17.7. The highest BCUT2D eigenvalue weighted by Crippen LogP contribution is 2.39. The number of hydrogen-bond acceptors (Lipinski definition) is 8. The Balaban J connectivity index is 1.10. The third-order valence-electron chi connectivity index (χ3n) is 9.66. The fourth-order valence-corrected chi connectivity index (χ4v) is 6.95. The van der Waals surface area contributed by atoms with E-state index in [0.717, 1.165) is 47.9 Å². The zero-order valence-electron chi connectivity index (χ0n) is 29.5. The zero-order valence-corrected chi connectivity index (χ0v) is 29.5. The number of nitrogens with one attached hydrogen (secondary N) is 2. The minimum absolute atomic E-state index is 0.0655. The van der Waals surface area contributed by atoms with Gasteiger partial charge in [0.1, 0.15) is 41.5 Å². The van der Waals surface area contributed by atoms with Crippen molar-refractivity contribution in [1.29, 1.82) is 0 Å². The summed E-state index contributed by atoms with van der Waals surface area (Å²) in [4.78, 5) is 15.9. The second-order valence-corrected chi connectivity index (χ2v) is 14.4. The maximum absolute atomic E-state index is 15.2. The molecule has 3 atom stereocenters. The van der Waals surface area contributed by atoms with Crippen LogP contribution >= 0.6 is 0 Å². The maximum Gasteiger partial charge on any atom is 0.320 e. The Morgan fingerprint density at radius 1 is 1.00 bits per heavy atom. The van der Waals surface area contributed by atoms with Crippen LogP contribution in [0.4, 0.5) is 21.0 Å². The average molecular weight is 697 g/mol. The van der Waals surface area contributed by atoms with Gasteiger partial charge in [0.05, 0.1) is 24.5 Å². The number of urea groups is 1. The Bertz CT molecular complexity index is 2020. The summed E-state index contributed by atoms with van der Waals surface area (Å²) in [6, 6.07) is 17.6. The number of aliphatic hydroxyl groups excluding tert-OH is 1. The molecular formula is C38H45FN8O4. The molecule has 0 saturated carbocycles. The van der Waals surface area contributed by atoms with Crippen molar-refractivity contribution in [3.8, 4) is 17.2 Å². The molecule has 0 bridgehead atoms. The van der Waals surface area contributed by atoms with E-state index in [1.54, 1.807) is 6.07 Å². The summed E-state index contributed by atoms with van der Waals surface area (Å²) >= 11 is 0. The molecule has 0 spiro atoms. The molecule has 13 heteroatoms. The third kappa shape index (κ3) is 7.21. The fourth-order valence-electron chi connectivity index (χ4n) is 6.95. The van der Waals surface area contributed by atoms with Crippen LogP contribution in [-0.4, -0.2) is 61.3 Å². The van der Waals surface area contributed by atoms with E-state index < -0.39 is 11.8 Å². The van der Waals surface area contributed by atoms with Gasteiger partial charge in [-0.3, -0.25) is 9.72 Å². The first kappa shape index (κ1) is 34.3. The Hall–Kier alpha value is -5.17. The van der Waals surface area contributed by atoms with Gasteiger partial charge in [-0.25, -0.2) is 13.9 Å². The lowest BCUT2D eigenvalue weighted by Gasteiger charge is -2.33. The number of pyridine rings is 1. The molecule has 5 aromatic rings. The van der Waals surface area contributed by atoms with E-state index in [4.69, 9.17) is 9.47 Å². The van der Waals surface area contributed by atoms with Gasteiger partial charge in [-0.1, -0.05) is 45.0 Å². The predicted octanol–water partition coefficient (Wildman–Crippen LogP) is 6.88. The van der Waals surface area contributed by atoms with Gasteiger partial charge >= 0.3 is 6.03 Å². The highest BCUT2D eigenvalue weighted by atomic mass is 19.1. The number of carbonyl (C=O) groups is 1. The summed E-state index contributed by atoms with van der Waals surface area (Å²) in [7, 11) is 0. The van der Waals surface area contributed by atoms with Crippen molar-refractivity contribution < 1.29 is 23.8 Å². The third-order valence-corrected chi connectivity index (χ3v) is 9.66. The molecule has 1 fully saturated rings. The van der Waals surface area contributed by atoms with E-state index >= 15 is 4.39 Å². The van der Waals surface area contributed by atoms with E-state index in [-0.39, 0.29) is 36.5 Å². The van der Waals surface area contributed by atoms with Gasteiger partial charge in [0, 0.05) is 30.1 Å². The van der Waals surface area contributed by atoms with Gasteiger partial charge < -0.3 is 24.8 Å². The van der Waals surface area contributed by atoms with Crippen molar-refractivity contribution in [2.75, 3.05) is 30.0 Å². The Kier molecular flexibility index (Phi) is 9.56. The van der Waals surface area contributed by atoms with Gasteiger partial charge in [-0.05, 0) is 74.4 Å². The topological polar surface area (TPSA) is 131 Å². The number of hydrogen-bond donors (Lipinski definition) is 3. The van der Waals surface area contributed by atoms with E-state index in [1.807, 2.05) is 67.8 Å². The second-order valence-electron chi connectivity index (χ2n) is 14.4. The number of nitrogens with zero attached hydrogens (tertiary/aromatic N) is 6. The maximum atomic E-state index is 15.2. The van der Waals surface area contributed by atoms with Crippen molar-refractivity contribution in [2.24, 2.45) is 0 Å². The van der Waals surface area contributed by atoms with Gasteiger partial charge in [0.25, 0.3) is 0 Å². The second kappa shape index (κ2) is 14.2. The van der Waals surface area contributed by atoms with E-state index in [1.165, 1.54) is 29.3 Å². The molecule has 12 nitrogen and oxygen atoms in total. The molecule has 3 aromatic heterocycles. The number of ether oxygens (including phenoxy) is 2. The quantitative estimate of drug-likeness (QED) is 0.152. The zero-order chi connectivity index (χ0) is 35.7. The molecule has 7 rings (SSSR count). The summed E-state index contributed by atoms with van der Waals surface area (Å²) in [6.45, 7) is 9.07. The van der Waals surface area contributed by atoms with Crippen LogP contribution in [0.5, 0.6) is 11.5 Å². The number of fused-ring (bicyclic) bond motifs is 2. The van der Waals surface area contributed by atoms with Crippen LogP contribution in [-0.2, 0) is 5.41 Å². The summed E-state index contributed by atoms with van der Waals surface area (Å²) in [5, 5.41) is 28.8. The molecule has 2 aliphatic rings. The minimum atomic E-state index is -0.536. The van der Waals surface area contributed by atoms with Gasteiger partial charge in [-0.15, -0.1) is 10.2 Å². The first-order valence-corrected chi connectivity index (χ1v) is 17.7. The molecule has 2 aromatic carbocycles. The fraction of sp³-hybridized carbons (Fsp3) is 0.421. The Morgan fingerprint density at radius 3 is 2.59 bits per heavy atom.